The van der Waals surface area contributed by atoms with Crippen LogP contribution in [-0.2, 0) is 9.53 Å². The number of piperidine rings is 1. The monoisotopic (exact) mass is 320 g/mol. The standard InChI is InChI=1S/C18H28N2O3/c1-18(2,3)23-17(21)12-20-10-14(8-15(19)11-20)13-6-5-7-16(9-13)22-4/h5-7,9,14-15H,8,10-12,19H2,1-4H3. The minimum atomic E-state index is -0.457. The van der Waals surface area contributed by atoms with Crippen LogP contribution in [0.5, 0.6) is 5.75 Å². The molecule has 0 aromatic heterocycles. The molecule has 2 N–H and O–H groups in total. The summed E-state index contributed by atoms with van der Waals surface area (Å²) in [6.07, 6.45) is 0.915. The minimum absolute atomic E-state index is 0.0578. The van der Waals surface area contributed by atoms with Crippen molar-refractivity contribution in [3.8, 4) is 5.75 Å². The predicted molar refractivity (Wildman–Crippen MR) is 90.6 cm³/mol. The highest BCUT2D eigenvalue weighted by Gasteiger charge is 2.28. The highest BCUT2D eigenvalue weighted by molar-refractivity contribution is 5.72. The Labute approximate surface area is 138 Å². The zero-order valence-electron chi connectivity index (χ0n) is 14.5. The van der Waals surface area contributed by atoms with Crippen molar-refractivity contribution >= 4 is 5.97 Å². The molecule has 1 aliphatic heterocycles. The number of rotatable bonds is 4. The molecule has 0 radical (unpaired) electrons. The molecular formula is C18H28N2O3. The van der Waals surface area contributed by atoms with Crippen molar-refractivity contribution in [2.75, 3.05) is 26.7 Å². The first-order valence-electron chi connectivity index (χ1n) is 8.10. The molecule has 0 amide bonds. The van der Waals surface area contributed by atoms with Crippen LogP contribution in [0.1, 0.15) is 38.7 Å². The summed E-state index contributed by atoms with van der Waals surface area (Å²) in [5, 5.41) is 0. The summed E-state index contributed by atoms with van der Waals surface area (Å²) >= 11 is 0. The van der Waals surface area contributed by atoms with Crippen LogP contribution in [0.15, 0.2) is 24.3 Å². The summed E-state index contributed by atoms with van der Waals surface area (Å²) in [5.74, 6) is 0.951. The van der Waals surface area contributed by atoms with Gasteiger partial charge in [-0.25, -0.2) is 0 Å². The third-order valence-electron chi connectivity index (χ3n) is 3.90. The van der Waals surface area contributed by atoms with Gasteiger partial charge in [0, 0.05) is 19.1 Å². The van der Waals surface area contributed by atoms with E-state index >= 15 is 0 Å². The number of methoxy groups -OCH3 is 1. The zero-order valence-corrected chi connectivity index (χ0v) is 14.5. The first-order chi connectivity index (χ1) is 10.8. The van der Waals surface area contributed by atoms with E-state index in [1.807, 2.05) is 39.0 Å². The summed E-state index contributed by atoms with van der Waals surface area (Å²) in [6, 6.07) is 8.13. The van der Waals surface area contributed by atoms with E-state index in [1.165, 1.54) is 5.56 Å². The van der Waals surface area contributed by atoms with Crippen LogP contribution < -0.4 is 10.5 Å². The van der Waals surface area contributed by atoms with Gasteiger partial charge in [0.15, 0.2) is 0 Å². The maximum absolute atomic E-state index is 12.1. The molecule has 1 fully saturated rings. The van der Waals surface area contributed by atoms with E-state index in [4.69, 9.17) is 15.2 Å². The molecule has 5 nitrogen and oxygen atoms in total. The summed E-state index contributed by atoms with van der Waals surface area (Å²) in [5.41, 5.74) is 6.95. The summed E-state index contributed by atoms with van der Waals surface area (Å²) < 4.78 is 10.7. The molecule has 1 aromatic rings. The van der Waals surface area contributed by atoms with Crippen molar-refractivity contribution in [1.29, 1.82) is 0 Å². The fourth-order valence-corrected chi connectivity index (χ4v) is 3.05. The van der Waals surface area contributed by atoms with Crippen molar-refractivity contribution in [1.82, 2.24) is 4.90 Å². The molecule has 2 atom stereocenters. The second kappa shape index (κ2) is 7.32. The van der Waals surface area contributed by atoms with Crippen LogP contribution in [-0.4, -0.2) is 49.3 Å². The lowest BCUT2D eigenvalue weighted by atomic mass is 9.88. The van der Waals surface area contributed by atoms with Crippen LogP contribution in [0.4, 0.5) is 0 Å². The Bertz CT molecular complexity index is 539. The molecule has 1 saturated heterocycles. The van der Waals surface area contributed by atoms with Crippen molar-refractivity contribution in [3.63, 3.8) is 0 Å². The van der Waals surface area contributed by atoms with E-state index < -0.39 is 5.60 Å². The number of ether oxygens (including phenoxy) is 2. The fourth-order valence-electron chi connectivity index (χ4n) is 3.05. The van der Waals surface area contributed by atoms with Crippen molar-refractivity contribution in [3.05, 3.63) is 29.8 Å². The minimum Gasteiger partial charge on any atom is -0.497 e. The van der Waals surface area contributed by atoms with Crippen LogP contribution in [0.2, 0.25) is 0 Å². The SMILES string of the molecule is COc1cccc(C2CC(N)CN(CC(=O)OC(C)(C)C)C2)c1. The number of nitrogens with zero attached hydrogens (tertiary/aromatic N) is 1. The quantitative estimate of drug-likeness (QED) is 0.861. The van der Waals surface area contributed by atoms with Gasteiger partial charge < -0.3 is 15.2 Å². The van der Waals surface area contributed by atoms with Crippen molar-refractivity contribution < 1.29 is 14.3 Å². The van der Waals surface area contributed by atoms with Gasteiger partial charge in [-0.3, -0.25) is 9.69 Å². The van der Waals surface area contributed by atoms with Crippen LogP contribution >= 0.6 is 0 Å². The molecule has 1 aliphatic rings. The van der Waals surface area contributed by atoms with E-state index in [-0.39, 0.29) is 18.6 Å². The number of likely N-dealkylation sites (tertiary alicyclic amines) is 1. The normalized spacial score (nSPS) is 22.7. The van der Waals surface area contributed by atoms with E-state index in [1.54, 1.807) is 7.11 Å². The van der Waals surface area contributed by atoms with Gasteiger partial charge in [0.1, 0.15) is 11.4 Å². The summed E-state index contributed by atoms with van der Waals surface area (Å²) in [7, 11) is 1.67. The topological polar surface area (TPSA) is 64.8 Å². The molecule has 0 bridgehead atoms. The molecule has 0 spiro atoms. The lowest BCUT2D eigenvalue weighted by Gasteiger charge is -2.36. The van der Waals surface area contributed by atoms with Gasteiger partial charge in [-0.15, -0.1) is 0 Å². The number of benzene rings is 1. The van der Waals surface area contributed by atoms with Gasteiger partial charge in [0.25, 0.3) is 0 Å². The van der Waals surface area contributed by atoms with E-state index in [0.717, 1.165) is 25.3 Å². The number of carbonyl (C=O) groups is 1. The van der Waals surface area contributed by atoms with E-state index in [9.17, 15) is 4.79 Å². The van der Waals surface area contributed by atoms with Gasteiger partial charge in [-0.2, -0.15) is 0 Å². The molecule has 128 valence electrons. The third-order valence-corrected chi connectivity index (χ3v) is 3.90. The molecule has 5 heteroatoms. The van der Waals surface area contributed by atoms with E-state index in [0.29, 0.717) is 5.92 Å². The maximum Gasteiger partial charge on any atom is 0.320 e. The Hall–Kier alpha value is -1.59. The van der Waals surface area contributed by atoms with Crippen LogP contribution in [0, 0.1) is 0 Å². The van der Waals surface area contributed by atoms with Crippen LogP contribution in [0.3, 0.4) is 0 Å². The number of hydrogen-bond donors (Lipinski definition) is 1. The van der Waals surface area contributed by atoms with Crippen molar-refractivity contribution in [2.24, 2.45) is 5.73 Å². The molecule has 2 rings (SSSR count). The van der Waals surface area contributed by atoms with Gasteiger partial charge >= 0.3 is 5.97 Å². The lowest BCUT2D eigenvalue weighted by molar-refractivity contribution is -0.156. The average Bonchev–Trinajstić information content (AvgIpc) is 2.44. The highest BCUT2D eigenvalue weighted by atomic mass is 16.6. The average molecular weight is 320 g/mol. The lowest BCUT2D eigenvalue weighted by Crippen LogP contribution is -2.48. The van der Waals surface area contributed by atoms with Crippen LogP contribution in [0.25, 0.3) is 0 Å². The van der Waals surface area contributed by atoms with Gasteiger partial charge in [-0.05, 0) is 50.8 Å². The summed E-state index contributed by atoms with van der Waals surface area (Å²) in [6.45, 7) is 7.45. The zero-order chi connectivity index (χ0) is 17.0. The number of hydrogen-bond acceptors (Lipinski definition) is 5. The Morgan fingerprint density at radius 3 is 2.74 bits per heavy atom. The second-order valence-corrected chi connectivity index (χ2v) is 7.25. The van der Waals surface area contributed by atoms with Gasteiger partial charge in [-0.1, -0.05) is 12.1 Å². The Kier molecular flexibility index (Phi) is 5.65. The predicted octanol–water partition coefficient (Wildman–Crippen LogP) is 2.15. The Balaban J connectivity index is 2.02. The summed E-state index contributed by atoms with van der Waals surface area (Å²) in [4.78, 5) is 14.1. The number of esters is 1. The number of carbonyl (C=O) groups excluding carboxylic acids is 1. The van der Waals surface area contributed by atoms with Gasteiger partial charge in [0.05, 0.1) is 13.7 Å². The molecular weight excluding hydrogens is 292 g/mol. The molecule has 1 aromatic carbocycles. The largest absolute Gasteiger partial charge is 0.497 e. The highest BCUT2D eigenvalue weighted by Crippen LogP contribution is 2.28. The second-order valence-electron chi connectivity index (χ2n) is 7.25. The number of nitrogens with two attached hydrogens (primary N) is 1. The smallest absolute Gasteiger partial charge is 0.320 e. The molecule has 23 heavy (non-hydrogen) atoms. The van der Waals surface area contributed by atoms with E-state index in [2.05, 4.69) is 11.0 Å². The first kappa shape index (κ1) is 17.8. The Morgan fingerprint density at radius 2 is 2.09 bits per heavy atom. The fraction of sp³-hybridized carbons (Fsp3) is 0.611. The molecule has 2 unspecified atom stereocenters. The molecule has 1 heterocycles. The third kappa shape index (κ3) is 5.52. The van der Waals surface area contributed by atoms with Crippen molar-refractivity contribution in [2.45, 2.75) is 44.8 Å². The Morgan fingerprint density at radius 1 is 1.35 bits per heavy atom. The maximum atomic E-state index is 12.1. The van der Waals surface area contributed by atoms with Gasteiger partial charge in [0.2, 0.25) is 0 Å². The molecule has 0 aliphatic carbocycles. The first-order valence-corrected chi connectivity index (χ1v) is 8.10. The molecule has 0 saturated carbocycles.